The van der Waals surface area contributed by atoms with Crippen molar-refractivity contribution in [2.75, 3.05) is 18.1 Å². The van der Waals surface area contributed by atoms with Crippen molar-refractivity contribution in [3.63, 3.8) is 0 Å². The second-order valence-electron chi connectivity index (χ2n) is 5.38. The van der Waals surface area contributed by atoms with Gasteiger partial charge in [0.05, 0.1) is 18.7 Å². The van der Waals surface area contributed by atoms with E-state index in [2.05, 4.69) is 10.3 Å². The maximum Gasteiger partial charge on any atom is 0.261 e. The molecule has 23 heavy (non-hydrogen) atoms. The smallest absolute Gasteiger partial charge is 0.261 e. The first-order chi connectivity index (χ1) is 11.1. The van der Waals surface area contributed by atoms with E-state index in [1.54, 1.807) is 11.9 Å². The van der Waals surface area contributed by atoms with Gasteiger partial charge in [0.15, 0.2) is 5.16 Å². The lowest BCUT2D eigenvalue weighted by Gasteiger charge is -2.20. The lowest BCUT2D eigenvalue weighted by molar-refractivity contribution is -0.130. The zero-order valence-corrected chi connectivity index (χ0v) is 13.9. The lowest BCUT2D eigenvalue weighted by atomic mass is 10.2. The maximum atomic E-state index is 12.6. The van der Waals surface area contributed by atoms with E-state index < -0.39 is 0 Å². The van der Waals surface area contributed by atoms with Gasteiger partial charge >= 0.3 is 0 Å². The van der Waals surface area contributed by atoms with Crippen molar-refractivity contribution in [3.8, 4) is 0 Å². The van der Waals surface area contributed by atoms with Crippen molar-refractivity contribution < 1.29 is 4.79 Å². The van der Waals surface area contributed by atoms with Gasteiger partial charge in [0, 0.05) is 13.6 Å². The number of carbonyl (C=O) groups is 1. The Kier molecular flexibility index (Phi) is 4.38. The summed E-state index contributed by atoms with van der Waals surface area (Å²) in [6.07, 6.45) is 1.87. The third kappa shape index (κ3) is 3.10. The molecule has 0 aliphatic carbocycles. The van der Waals surface area contributed by atoms with Crippen LogP contribution in [-0.4, -0.2) is 33.2 Å². The summed E-state index contributed by atoms with van der Waals surface area (Å²) < 4.78 is 1.53. The number of hydrogen-bond acceptors (Lipinski definition) is 5. The van der Waals surface area contributed by atoms with Crippen LogP contribution in [0.4, 0.5) is 5.82 Å². The average molecular weight is 330 g/mol. The van der Waals surface area contributed by atoms with Crippen LogP contribution in [0.5, 0.6) is 0 Å². The summed E-state index contributed by atoms with van der Waals surface area (Å²) in [7, 11) is 1.70. The molecule has 6 nitrogen and oxygen atoms in total. The third-order valence-electron chi connectivity index (χ3n) is 3.85. The molecule has 0 atom stereocenters. The Hall–Kier alpha value is -2.28. The standard InChI is InChI=1S/C16H18N4O2S/c1-19-15(22)12-10-20(9-11-6-4-3-5-7-11)13(21)8-17-14(12)18-16(19)23-2/h3-7,17H,8-10H2,1-2H3. The Morgan fingerprint density at radius 2 is 2.00 bits per heavy atom. The summed E-state index contributed by atoms with van der Waals surface area (Å²) in [6.45, 7) is 0.895. The highest BCUT2D eigenvalue weighted by atomic mass is 32.2. The van der Waals surface area contributed by atoms with Gasteiger partial charge in [0.25, 0.3) is 5.56 Å². The van der Waals surface area contributed by atoms with Crippen molar-refractivity contribution in [2.45, 2.75) is 18.2 Å². The number of thioether (sulfide) groups is 1. The highest BCUT2D eigenvalue weighted by Gasteiger charge is 2.24. The Morgan fingerprint density at radius 1 is 1.26 bits per heavy atom. The maximum absolute atomic E-state index is 12.6. The lowest BCUT2D eigenvalue weighted by Crippen LogP contribution is -2.33. The van der Waals surface area contributed by atoms with Crippen LogP contribution in [-0.2, 0) is 24.9 Å². The largest absolute Gasteiger partial charge is 0.360 e. The Labute approximate surface area is 138 Å². The number of hydrogen-bond donors (Lipinski definition) is 1. The molecule has 2 aromatic rings. The number of aromatic nitrogens is 2. The van der Waals surface area contributed by atoms with Crippen molar-refractivity contribution in [1.82, 2.24) is 14.5 Å². The van der Waals surface area contributed by atoms with Crippen LogP contribution in [0, 0.1) is 0 Å². The average Bonchev–Trinajstić information content (AvgIpc) is 2.72. The normalized spacial score (nSPS) is 14.2. The minimum atomic E-state index is -0.111. The molecule has 0 saturated heterocycles. The molecule has 0 saturated carbocycles. The Morgan fingerprint density at radius 3 is 2.70 bits per heavy atom. The summed E-state index contributed by atoms with van der Waals surface area (Å²) in [5, 5.41) is 3.63. The van der Waals surface area contributed by atoms with Crippen LogP contribution in [0.25, 0.3) is 0 Å². The summed E-state index contributed by atoms with van der Waals surface area (Å²) >= 11 is 1.41. The summed E-state index contributed by atoms with van der Waals surface area (Å²) in [5.41, 5.74) is 1.46. The predicted molar refractivity (Wildman–Crippen MR) is 90.4 cm³/mol. The van der Waals surface area contributed by atoms with E-state index in [0.717, 1.165) is 5.56 Å². The SMILES string of the molecule is CSc1nc2c(c(=O)n1C)CN(Cc1ccccc1)C(=O)CN2. The van der Waals surface area contributed by atoms with Gasteiger partial charge in [-0.15, -0.1) is 0 Å². The Bertz CT molecular complexity index is 789. The first-order valence-electron chi connectivity index (χ1n) is 7.29. The van der Waals surface area contributed by atoms with Gasteiger partial charge in [-0.1, -0.05) is 42.1 Å². The molecule has 1 aliphatic rings. The van der Waals surface area contributed by atoms with Gasteiger partial charge in [0.2, 0.25) is 5.91 Å². The topological polar surface area (TPSA) is 67.2 Å². The van der Waals surface area contributed by atoms with Gasteiger partial charge in [0.1, 0.15) is 5.82 Å². The van der Waals surface area contributed by atoms with Crippen molar-refractivity contribution in [3.05, 3.63) is 51.8 Å². The molecule has 0 radical (unpaired) electrons. The van der Waals surface area contributed by atoms with Gasteiger partial charge in [-0.25, -0.2) is 4.98 Å². The first-order valence-corrected chi connectivity index (χ1v) is 8.52. The van der Waals surface area contributed by atoms with E-state index in [0.29, 0.717) is 23.1 Å². The van der Waals surface area contributed by atoms with Gasteiger partial charge in [-0.05, 0) is 11.8 Å². The molecule has 3 rings (SSSR count). The highest BCUT2D eigenvalue weighted by molar-refractivity contribution is 7.98. The molecule has 0 unspecified atom stereocenters. The van der Waals surface area contributed by atoms with Crippen LogP contribution >= 0.6 is 11.8 Å². The fourth-order valence-corrected chi connectivity index (χ4v) is 3.14. The van der Waals surface area contributed by atoms with Crippen molar-refractivity contribution >= 4 is 23.5 Å². The molecule has 7 heteroatoms. The van der Waals surface area contributed by atoms with Gasteiger partial charge in [-0.2, -0.15) is 0 Å². The summed E-state index contributed by atoms with van der Waals surface area (Å²) in [5.74, 6) is 0.473. The third-order valence-corrected chi connectivity index (χ3v) is 4.58. The minimum Gasteiger partial charge on any atom is -0.360 e. The zero-order chi connectivity index (χ0) is 16.4. The molecule has 0 spiro atoms. The number of benzene rings is 1. The van der Waals surface area contributed by atoms with E-state index in [-0.39, 0.29) is 24.6 Å². The molecule has 1 aliphatic heterocycles. The number of nitrogens with zero attached hydrogens (tertiary/aromatic N) is 3. The summed E-state index contributed by atoms with van der Waals surface area (Å²) in [6, 6.07) is 9.76. The molecule has 120 valence electrons. The number of fused-ring (bicyclic) bond motifs is 1. The molecule has 0 bridgehead atoms. The number of rotatable bonds is 3. The quantitative estimate of drug-likeness (QED) is 0.682. The van der Waals surface area contributed by atoms with Crippen LogP contribution in [0.3, 0.4) is 0 Å². The monoisotopic (exact) mass is 330 g/mol. The second kappa shape index (κ2) is 6.45. The molecule has 2 heterocycles. The molecule has 1 amide bonds. The first kappa shape index (κ1) is 15.6. The fraction of sp³-hybridized carbons (Fsp3) is 0.312. The van der Waals surface area contributed by atoms with Gasteiger partial charge < -0.3 is 10.2 Å². The molecule has 0 fully saturated rings. The highest BCUT2D eigenvalue weighted by Crippen LogP contribution is 2.20. The van der Waals surface area contributed by atoms with Gasteiger partial charge in [-0.3, -0.25) is 14.2 Å². The minimum absolute atomic E-state index is 0.0420. The van der Waals surface area contributed by atoms with E-state index in [4.69, 9.17) is 0 Å². The van der Waals surface area contributed by atoms with Crippen LogP contribution in [0.2, 0.25) is 0 Å². The molecule has 1 aromatic heterocycles. The van der Waals surface area contributed by atoms with E-state index in [9.17, 15) is 9.59 Å². The molecule has 1 aromatic carbocycles. The van der Waals surface area contributed by atoms with Crippen LogP contribution in [0.1, 0.15) is 11.1 Å². The molecular formula is C16H18N4O2S. The number of anilines is 1. The Balaban J connectivity index is 1.96. The summed E-state index contributed by atoms with van der Waals surface area (Å²) in [4.78, 5) is 31.1. The van der Waals surface area contributed by atoms with Crippen molar-refractivity contribution in [1.29, 1.82) is 0 Å². The number of amides is 1. The second-order valence-corrected chi connectivity index (χ2v) is 6.15. The van der Waals surface area contributed by atoms with Crippen molar-refractivity contribution in [2.24, 2.45) is 7.05 Å². The van der Waals surface area contributed by atoms with Crippen LogP contribution in [0.15, 0.2) is 40.3 Å². The number of nitrogens with one attached hydrogen (secondary N) is 1. The number of carbonyl (C=O) groups excluding carboxylic acids is 1. The van der Waals surface area contributed by atoms with E-state index in [1.165, 1.54) is 16.3 Å². The predicted octanol–water partition coefficient (Wildman–Crippen LogP) is 1.46. The van der Waals surface area contributed by atoms with E-state index in [1.807, 2.05) is 36.6 Å². The van der Waals surface area contributed by atoms with E-state index >= 15 is 0 Å². The van der Waals surface area contributed by atoms with Crippen LogP contribution < -0.4 is 10.9 Å². The molecular weight excluding hydrogens is 312 g/mol. The molecule has 1 N–H and O–H groups in total. The fourth-order valence-electron chi connectivity index (χ4n) is 2.60. The zero-order valence-electron chi connectivity index (χ0n) is 13.1.